The van der Waals surface area contributed by atoms with Crippen LogP contribution >= 0.6 is 0 Å². The summed E-state index contributed by atoms with van der Waals surface area (Å²) < 4.78 is 0. The molecule has 0 saturated carbocycles. The van der Waals surface area contributed by atoms with Crippen LogP contribution in [0.4, 0.5) is 0 Å². The normalized spacial score (nSPS) is 9.67. The van der Waals surface area contributed by atoms with Crippen LogP contribution in [-0.2, 0) is 0 Å². The molecule has 0 N–H and O–H groups in total. The molecular weight excluding hydrogens is 392 g/mol. The summed E-state index contributed by atoms with van der Waals surface area (Å²) in [5.41, 5.74) is 0. The monoisotopic (exact) mass is 436 g/mol. The third-order valence-electron chi connectivity index (χ3n) is 9.48. The number of rotatable bonds is 16. The molecule has 0 bridgehead atoms. The fourth-order valence-electron chi connectivity index (χ4n) is 8.71. The molecule has 36 heavy (non-hydrogen) atoms. The van der Waals surface area contributed by atoms with Crippen molar-refractivity contribution in [3.05, 3.63) is 0 Å². The second kappa shape index (κ2) is 17.8. The van der Waals surface area contributed by atoms with Gasteiger partial charge in [-0.25, -0.2) is 0 Å². The van der Waals surface area contributed by atoms with E-state index in [9.17, 15) is 0 Å². The molecular formula is H36B35N. The third kappa shape index (κ3) is 11.2. The van der Waals surface area contributed by atoms with Crippen molar-refractivity contribution in [3.63, 3.8) is 0 Å². The van der Waals surface area contributed by atoms with E-state index in [1.54, 1.807) is 0 Å². The van der Waals surface area contributed by atoms with Gasteiger partial charge in [-0.3, -0.25) is 0 Å². The first kappa shape index (κ1) is 38.1. The van der Waals surface area contributed by atoms with Gasteiger partial charge in [0.05, 0.1) is 0 Å². The Morgan fingerprint density at radius 2 is 0.556 bits per heavy atom. The van der Waals surface area contributed by atoms with Crippen LogP contribution in [0.1, 0.15) is 0 Å². The molecule has 0 rings (SSSR count). The molecule has 0 radical (unpaired) electrons. The zero-order chi connectivity index (χ0) is 28.7. The summed E-state index contributed by atoms with van der Waals surface area (Å²) in [5.74, 6) is 0. The average molecular weight is 429 g/mol. The van der Waals surface area contributed by atoms with E-state index in [0.717, 1.165) is 0 Å². The first-order chi connectivity index (χ1) is 16.4. The van der Waals surface area contributed by atoms with Gasteiger partial charge in [0.2, 0.25) is 0 Å². The molecule has 0 saturated heterocycles. The quantitative estimate of drug-likeness (QED) is 0.217. The molecule has 0 fully saturated rings. The summed E-state index contributed by atoms with van der Waals surface area (Å²) >= 11 is 0. The molecule has 0 aromatic rings. The van der Waals surface area contributed by atoms with Gasteiger partial charge in [0, 0.05) is 0 Å². The Bertz CT molecular complexity index is 540. The summed E-state index contributed by atoms with van der Waals surface area (Å²) in [5, 5.41) is 0. The van der Waals surface area contributed by atoms with Crippen LogP contribution in [0.15, 0.2) is 4.81 Å². The van der Waals surface area contributed by atoms with Gasteiger partial charge < -0.3 is 0 Å². The topological polar surface area (TPSA) is 12.4 Å². The Labute approximate surface area is 252 Å². The maximum atomic E-state index is 5.82. The molecule has 0 atom stereocenters. The number of hydrogen-bond donors (Lipinski definition) is 0. The first-order valence-corrected chi connectivity index (χ1v) is 15.9. The molecule has 1 nitrogen and oxygen atoms in total. The maximum absolute atomic E-state index is 5.82. The van der Waals surface area contributed by atoms with Crippen LogP contribution in [0.25, 0.3) is 0 Å². The van der Waals surface area contributed by atoms with Crippen LogP contribution < -0.4 is 0 Å². The molecule has 36 heteroatoms. The van der Waals surface area contributed by atoms with Crippen molar-refractivity contribution in [2.45, 2.75) is 0 Å². The van der Waals surface area contributed by atoms with Crippen LogP contribution in [0.3, 0.4) is 0 Å². The fourth-order valence-corrected chi connectivity index (χ4v) is 8.71. The van der Waals surface area contributed by atoms with Crippen LogP contribution in [0.5, 0.6) is 0 Å². The molecule has 0 unspecified atom stereocenters. The summed E-state index contributed by atoms with van der Waals surface area (Å²) in [4.78, 5) is 5.82. The Morgan fingerprint density at radius 3 is 0.778 bits per heavy atom. The SMILES string of the molecule is BB(B)B(B(B)B)B(/B=N/B(B(B(B)B)B(B)B)B(B(B)B)B(B(B)B)B(B)B)B(B(B)B)B(B)B. The third-order valence-corrected chi connectivity index (χ3v) is 9.48. The second-order valence-electron chi connectivity index (χ2n) is 15.4. The standard InChI is InChI=1S/B35H36N/c1-20(2)30(21(3)4)29(31(22(5)6)23(7)8)19-36-35(33(26(13)14)27(15)16)34(28(17)18)32(24(9)10)25(11)12/h1-18H2. The van der Waals surface area contributed by atoms with Gasteiger partial charge >= 0.3 is 253 Å². The number of hydrogen-bond acceptors (Lipinski definition) is 1. The summed E-state index contributed by atoms with van der Waals surface area (Å²) in [6.07, 6.45) is 9.58. The number of nitrogens with zero attached hydrogens (tertiary/aromatic N) is 1. The second-order valence-corrected chi connectivity index (χ2v) is 15.4. The van der Waals surface area contributed by atoms with E-state index in [4.69, 9.17) is 4.81 Å². The predicted molar refractivity (Wildman–Crippen MR) is 254 cm³/mol. The van der Waals surface area contributed by atoms with Crippen molar-refractivity contribution in [2.75, 3.05) is 0 Å². The van der Waals surface area contributed by atoms with Crippen molar-refractivity contribution in [1.82, 2.24) is 0 Å². The summed E-state index contributed by atoms with van der Waals surface area (Å²) in [6.45, 7) is 2.91. The minimum atomic E-state index is 0.377. The van der Waals surface area contributed by atoms with E-state index in [1.165, 1.54) is 0 Å². The van der Waals surface area contributed by atoms with Crippen molar-refractivity contribution >= 4 is 249 Å². The van der Waals surface area contributed by atoms with Crippen molar-refractivity contribution < 1.29 is 0 Å². The van der Waals surface area contributed by atoms with Crippen molar-refractivity contribution in [1.29, 1.82) is 0 Å². The van der Waals surface area contributed by atoms with Crippen molar-refractivity contribution in [2.24, 2.45) is 4.81 Å². The molecule has 0 aromatic carbocycles. The van der Waals surface area contributed by atoms with E-state index in [-0.39, 0.29) is 0 Å². The van der Waals surface area contributed by atoms with Gasteiger partial charge in [-0.2, -0.15) is 0 Å². The average Bonchev–Trinajstić information content (AvgIpc) is 2.66. The van der Waals surface area contributed by atoms with Gasteiger partial charge in [-0.15, -0.1) is 0 Å². The Kier molecular flexibility index (Phi) is 18.8. The zero-order valence-corrected chi connectivity index (χ0v) is 28.3. The fraction of sp³-hybridized carbons (Fsp3) is 0. The Balaban J connectivity index is 7.13. The summed E-state index contributed by atoms with van der Waals surface area (Å²) in [6, 6.07) is 0. The van der Waals surface area contributed by atoms with Crippen molar-refractivity contribution in [3.8, 4) is 0 Å². The molecule has 0 amide bonds. The van der Waals surface area contributed by atoms with E-state index in [1.807, 2.05) is 0 Å². The van der Waals surface area contributed by atoms with E-state index >= 15 is 0 Å². The minimum absolute atomic E-state index is 0.377. The summed E-state index contributed by atoms with van der Waals surface area (Å²) in [7, 11) is 44.0. The predicted octanol–water partition coefficient (Wildman–Crippen LogP) is -22.8. The van der Waals surface area contributed by atoms with E-state index in [0.29, 0.717) is 102 Å². The van der Waals surface area contributed by atoms with Gasteiger partial charge in [0.15, 0.2) is 0 Å². The zero-order valence-electron chi connectivity index (χ0n) is 28.3. The molecule has 0 aliphatic carbocycles. The molecule has 146 valence electrons. The van der Waals surface area contributed by atoms with Crippen LogP contribution in [-0.4, -0.2) is 249 Å². The first-order valence-electron chi connectivity index (χ1n) is 15.9. The van der Waals surface area contributed by atoms with E-state index in [2.05, 4.69) is 146 Å². The Hall–Kier alpha value is 2.07. The van der Waals surface area contributed by atoms with Crippen LogP contribution in [0.2, 0.25) is 0 Å². The van der Waals surface area contributed by atoms with Gasteiger partial charge in [0.25, 0.3) is 0 Å². The molecule has 0 aliphatic rings. The molecule has 0 spiro atoms. The molecule has 0 aromatic heterocycles. The molecule has 0 aliphatic heterocycles. The van der Waals surface area contributed by atoms with Gasteiger partial charge in [-0.05, 0) is 0 Å². The van der Waals surface area contributed by atoms with Crippen LogP contribution in [0, 0.1) is 0 Å². The molecule has 0 heterocycles. The van der Waals surface area contributed by atoms with Gasteiger partial charge in [-0.1, -0.05) is 0 Å². The van der Waals surface area contributed by atoms with Gasteiger partial charge in [0.1, 0.15) is 0 Å². The Morgan fingerprint density at radius 1 is 0.306 bits per heavy atom. The van der Waals surface area contributed by atoms with E-state index < -0.39 is 0 Å².